The summed E-state index contributed by atoms with van der Waals surface area (Å²) in [5.41, 5.74) is 5.83. The molecule has 0 atom stereocenters. The van der Waals surface area contributed by atoms with Gasteiger partial charge in [0.25, 0.3) is 17.5 Å². The zero-order chi connectivity index (χ0) is 21.3. The number of nitrogens with zero attached hydrogens (tertiary/aromatic N) is 1. The smallest absolute Gasteiger partial charge is 0.270 e. The van der Waals surface area contributed by atoms with E-state index in [-0.39, 0.29) is 11.3 Å². The van der Waals surface area contributed by atoms with Crippen LogP contribution in [-0.2, 0) is 6.42 Å². The fourth-order valence-electron chi connectivity index (χ4n) is 2.68. The highest BCUT2D eigenvalue weighted by atomic mass is 16.6. The number of nitro groups is 1. The standard InChI is InChI=1S/C22H19N3O5/c26-21(17-8-4-10-19(14-17)25(28)29)23-24-22(27)18-9-5-11-20(15-18)30-13-12-16-6-2-1-3-7-16/h1-11,14-15H,12-13H2,(H,23,26)(H,24,27). The molecule has 8 nitrogen and oxygen atoms in total. The average Bonchev–Trinajstić information content (AvgIpc) is 2.78. The van der Waals surface area contributed by atoms with E-state index >= 15 is 0 Å². The Morgan fingerprint density at radius 3 is 2.13 bits per heavy atom. The number of nitrogens with one attached hydrogen (secondary N) is 2. The predicted molar refractivity (Wildman–Crippen MR) is 110 cm³/mol. The second kappa shape index (κ2) is 9.83. The lowest BCUT2D eigenvalue weighted by Crippen LogP contribution is -2.41. The largest absolute Gasteiger partial charge is 0.493 e. The summed E-state index contributed by atoms with van der Waals surface area (Å²) in [6.45, 7) is 0.457. The van der Waals surface area contributed by atoms with Crippen molar-refractivity contribution >= 4 is 17.5 Å². The monoisotopic (exact) mass is 405 g/mol. The van der Waals surface area contributed by atoms with Crippen LogP contribution >= 0.6 is 0 Å². The lowest BCUT2D eigenvalue weighted by molar-refractivity contribution is -0.384. The minimum atomic E-state index is -0.665. The van der Waals surface area contributed by atoms with Crippen LogP contribution in [0.15, 0.2) is 78.9 Å². The second-order valence-corrected chi connectivity index (χ2v) is 6.33. The molecule has 0 bridgehead atoms. The van der Waals surface area contributed by atoms with Gasteiger partial charge in [0.1, 0.15) is 5.75 Å². The Hall–Kier alpha value is -4.20. The summed E-state index contributed by atoms with van der Waals surface area (Å²) in [5.74, 6) is -0.673. The van der Waals surface area contributed by atoms with Gasteiger partial charge in [-0.1, -0.05) is 42.5 Å². The molecule has 3 rings (SSSR count). The number of hydrogen-bond donors (Lipinski definition) is 2. The molecule has 0 aliphatic heterocycles. The van der Waals surface area contributed by atoms with Gasteiger partial charge in [-0.3, -0.25) is 30.6 Å². The Labute approximate surface area is 172 Å². The van der Waals surface area contributed by atoms with Gasteiger partial charge in [-0.2, -0.15) is 0 Å². The third kappa shape index (κ3) is 5.65. The second-order valence-electron chi connectivity index (χ2n) is 6.33. The summed E-state index contributed by atoms with van der Waals surface area (Å²) in [7, 11) is 0. The summed E-state index contributed by atoms with van der Waals surface area (Å²) in [5, 5.41) is 10.8. The van der Waals surface area contributed by atoms with Crippen LogP contribution in [0.5, 0.6) is 5.75 Å². The van der Waals surface area contributed by atoms with Crippen LogP contribution in [-0.4, -0.2) is 23.3 Å². The van der Waals surface area contributed by atoms with Crippen molar-refractivity contribution in [3.63, 3.8) is 0 Å². The number of rotatable bonds is 7. The number of non-ortho nitro benzene ring substituents is 1. The van der Waals surface area contributed by atoms with Crippen molar-refractivity contribution < 1.29 is 19.2 Å². The molecule has 0 saturated heterocycles. The van der Waals surface area contributed by atoms with Crippen LogP contribution in [0.2, 0.25) is 0 Å². The van der Waals surface area contributed by atoms with Crippen molar-refractivity contribution in [2.75, 3.05) is 6.61 Å². The number of nitro benzene ring substituents is 1. The number of hydrazine groups is 1. The lowest BCUT2D eigenvalue weighted by Gasteiger charge is -2.10. The van der Waals surface area contributed by atoms with Gasteiger partial charge in [0.15, 0.2) is 0 Å². The Morgan fingerprint density at radius 1 is 0.833 bits per heavy atom. The van der Waals surface area contributed by atoms with Gasteiger partial charge < -0.3 is 4.74 Å². The van der Waals surface area contributed by atoms with Gasteiger partial charge in [-0.05, 0) is 29.8 Å². The number of ether oxygens (including phenoxy) is 1. The van der Waals surface area contributed by atoms with E-state index in [2.05, 4.69) is 10.9 Å². The Bertz CT molecular complexity index is 1050. The van der Waals surface area contributed by atoms with Crippen molar-refractivity contribution in [1.29, 1.82) is 0 Å². The van der Waals surface area contributed by atoms with Crippen molar-refractivity contribution in [2.45, 2.75) is 6.42 Å². The Kier molecular flexibility index (Phi) is 6.73. The number of carbonyl (C=O) groups excluding carboxylic acids is 2. The molecule has 3 aromatic carbocycles. The summed E-state index contributed by atoms with van der Waals surface area (Å²) < 4.78 is 5.70. The highest BCUT2D eigenvalue weighted by Crippen LogP contribution is 2.15. The number of benzene rings is 3. The Morgan fingerprint density at radius 2 is 1.47 bits per heavy atom. The van der Waals surface area contributed by atoms with Gasteiger partial charge >= 0.3 is 0 Å². The first-order valence-corrected chi connectivity index (χ1v) is 9.15. The van der Waals surface area contributed by atoms with E-state index in [1.807, 2.05) is 30.3 Å². The van der Waals surface area contributed by atoms with Crippen molar-refractivity contribution in [3.05, 3.63) is 106 Å². The molecule has 2 N–H and O–H groups in total. The first-order valence-electron chi connectivity index (χ1n) is 9.15. The zero-order valence-corrected chi connectivity index (χ0v) is 15.9. The molecular formula is C22H19N3O5. The quantitative estimate of drug-likeness (QED) is 0.463. The summed E-state index contributed by atoms with van der Waals surface area (Å²) in [6.07, 6.45) is 0.733. The highest BCUT2D eigenvalue weighted by molar-refractivity contribution is 5.99. The molecular weight excluding hydrogens is 386 g/mol. The van der Waals surface area contributed by atoms with Crippen LogP contribution in [0.1, 0.15) is 26.3 Å². The molecule has 0 aliphatic rings. The van der Waals surface area contributed by atoms with Crippen LogP contribution in [0.3, 0.4) is 0 Å². The first-order chi connectivity index (χ1) is 14.5. The van der Waals surface area contributed by atoms with Crippen LogP contribution < -0.4 is 15.6 Å². The minimum absolute atomic E-state index is 0.0579. The highest BCUT2D eigenvalue weighted by Gasteiger charge is 2.13. The maximum absolute atomic E-state index is 12.3. The minimum Gasteiger partial charge on any atom is -0.493 e. The van der Waals surface area contributed by atoms with E-state index in [9.17, 15) is 19.7 Å². The van der Waals surface area contributed by atoms with Gasteiger partial charge in [-0.15, -0.1) is 0 Å². The molecule has 0 radical (unpaired) electrons. The molecule has 0 spiro atoms. The molecule has 30 heavy (non-hydrogen) atoms. The molecule has 0 saturated carbocycles. The van der Waals surface area contributed by atoms with Gasteiger partial charge in [0.05, 0.1) is 11.5 Å². The van der Waals surface area contributed by atoms with E-state index < -0.39 is 16.7 Å². The van der Waals surface area contributed by atoms with E-state index in [4.69, 9.17) is 4.74 Å². The maximum atomic E-state index is 12.3. The third-order valence-corrected chi connectivity index (χ3v) is 4.21. The van der Waals surface area contributed by atoms with E-state index in [0.29, 0.717) is 17.9 Å². The lowest BCUT2D eigenvalue weighted by atomic mass is 10.2. The molecule has 0 fully saturated rings. The van der Waals surface area contributed by atoms with Gasteiger partial charge in [0, 0.05) is 29.7 Å². The summed E-state index contributed by atoms with van der Waals surface area (Å²) in [6, 6.07) is 21.7. The van der Waals surface area contributed by atoms with Gasteiger partial charge in [0.2, 0.25) is 0 Å². The van der Waals surface area contributed by atoms with E-state index in [0.717, 1.165) is 18.1 Å². The molecule has 0 heterocycles. The SMILES string of the molecule is O=C(NNC(=O)c1cccc([N+](=O)[O-])c1)c1cccc(OCCc2ccccc2)c1. The number of amides is 2. The average molecular weight is 405 g/mol. The molecule has 8 heteroatoms. The number of hydrogen-bond acceptors (Lipinski definition) is 5. The van der Waals surface area contributed by atoms with Crippen LogP contribution in [0.25, 0.3) is 0 Å². The first kappa shape index (κ1) is 20.5. The van der Waals surface area contributed by atoms with Crippen molar-refractivity contribution in [3.8, 4) is 5.75 Å². The van der Waals surface area contributed by atoms with Crippen LogP contribution in [0, 0.1) is 10.1 Å². The third-order valence-electron chi connectivity index (χ3n) is 4.21. The summed E-state index contributed by atoms with van der Waals surface area (Å²) >= 11 is 0. The van der Waals surface area contributed by atoms with Crippen LogP contribution in [0.4, 0.5) is 5.69 Å². The molecule has 0 unspecified atom stereocenters. The Balaban J connectivity index is 1.54. The maximum Gasteiger partial charge on any atom is 0.270 e. The molecule has 0 aliphatic carbocycles. The van der Waals surface area contributed by atoms with Crippen molar-refractivity contribution in [2.24, 2.45) is 0 Å². The summed E-state index contributed by atoms with van der Waals surface area (Å²) in [4.78, 5) is 34.6. The van der Waals surface area contributed by atoms with E-state index in [1.54, 1.807) is 24.3 Å². The van der Waals surface area contributed by atoms with Crippen molar-refractivity contribution in [1.82, 2.24) is 10.9 Å². The normalized spacial score (nSPS) is 10.1. The molecule has 152 valence electrons. The fourth-order valence-corrected chi connectivity index (χ4v) is 2.68. The number of carbonyl (C=O) groups is 2. The fraction of sp³-hybridized carbons (Fsp3) is 0.0909. The zero-order valence-electron chi connectivity index (χ0n) is 15.9. The topological polar surface area (TPSA) is 111 Å². The molecule has 0 aromatic heterocycles. The predicted octanol–water partition coefficient (Wildman–Crippen LogP) is 3.29. The molecule has 3 aromatic rings. The van der Waals surface area contributed by atoms with Gasteiger partial charge in [-0.25, -0.2) is 0 Å². The molecule has 2 amide bonds. The van der Waals surface area contributed by atoms with E-state index in [1.165, 1.54) is 18.2 Å².